The Morgan fingerprint density at radius 2 is 1.22 bits per heavy atom. The van der Waals surface area contributed by atoms with E-state index in [9.17, 15) is 66.1 Å². The van der Waals surface area contributed by atoms with E-state index in [0.717, 1.165) is 0 Å². The van der Waals surface area contributed by atoms with Crippen LogP contribution in [0.25, 0.3) is 0 Å². The minimum Gasteiger partial charge on any atom is -0.394 e. The number of ether oxygens (including phenoxy) is 8. The minimum atomic E-state index is -2.39. The van der Waals surface area contributed by atoms with Crippen molar-refractivity contribution in [1.29, 1.82) is 5.41 Å². The van der Waals surface area contributed by atoms with Crippen LogP contribution in [0.5, 0.6) is 0 Å². The van der Waals surface area contributed by atoms with Crippen LogP contribution in [-0.4, -0.2) is 283 Å². The second kappa shape index (κ2) is 25.3. The number of hydrogen-bond donors (Lipinski definition) is 23. The van der Waals surface area contributed by atoms with Crippen LogP contribution in [0.3, 0.4) is 0 Å². The topological polar surface area (TPSA) is 602 Å². The Bertz CT molecular complexity index is 1780. The third-order valence-electron chi connectivity index (χ3n) is 13.8. The summed E-state index contributed by atoms with van der Waals surface area (Å²) in [5.41, 5.74) is 43.6. The van der Waals surface area contributed by atoms with Crippen molar-refractivity contribution in [2.75, 3.05) is 26.8 Å². The molecule has 72 heavy (non-hydrogen) atoms. The van der Waals surface area contributed by atoms with Gasteiger partial charge in [0.2, 0.25) is 0 Å². The molecule has 0 aromatic rings. The zero-order valence-corrected chi connectivity index (χ0v) is 39.4. The number of aliphatic imine (C=N–C) groups is 1. The van der Waals surface area contributed by atoms with E-state index in [4.69, 9.17) is 89.2 Å². The van der Waals surface area contributed by atoms with Crippen LogP contribution >= 0.6 is 0 Å². The summed E-state index contributed by atoms with van der Waals surface area (Å²) in [5.74, 6) is -1.16. The third kappa shape index (κ3) is 12.7. The summed E-state index contributed by atoms with van der Waals surface area (Å²) in [6.07, 6.45) is -28.1. The van der Waals surface area contributed by atoms with Crippen LogP contribution in [0.2, 0.25) is 0 Å². The largest absolute Gasteiger partial charge is 0.394 e. The Labute approximate surface area is 412 Å². The van der Waals surface area contributed by atoms with Crippen molar-refractivity contribution < 1.29 is 104 Å². The van der Waals surface area contributed by atoms with E-state index in [1.165, 1.54) is 14.0 Å². The van der Waals surface area contributed by atoms with Gasteiger partial charge in [0.1, 0.15) is 91.5 Å². The number of nitrogens with zero attached hydrogens (tertiary/aromatic N) is 1. The number of aldehydes is 1. The molecule has 6 rings (SSSR count). The van der Waals surface area contributed by atoms with E-state index in [-0.39, 0.29) is 25.7 Å². The van der Waals surface area contributed by atoms with Gasteiger partial charge in [-0.2, -0.15) is 0 Å². The minimum absolute atomic E-state index is 0.0542. The molecule has 0 aromatic heterocycles. The number of aliphatic hydroxyl groups is 12. The fraction of sp³-hybridized carbons (Fsp3) is 0.923. The van der Waals surface area contributed by atoms with Gasteiger partial charge in [-0.05, 0) is 26.8 Å². The van der Waals surface area contributed by atoms with Gasteiger partial charge in [0, 0.05) is 18.6 Å². The number of hydrogen-bond acceptors (Lipinski definition) is 29. The monoisotopic (exact) mass is 1050 g/mol. The summed E-state index contributed by atoms with van der Waals surface area (Å²) in [6, 6.07) is -7.28. The first-order valence-electron chi connectivity index (χ1n) is 23.2. The Kier molecular flexibility index (Phi) is 21.1. The number of aliphatic hydroxyl groups excluding tert-OH is 11. The van der Waals surface area contributed by atoms with Crippen molar-refractivity contribution in [3.05, 3.63) is 0 Å². The van der Waals surface area contributed by atoms with E-state index in [1.54, 1.807) is 0 Å². The number of likely N-dealkylation sites (N-methyl/N-ethyl adjacent to an activating group) is 1. The SMILES string of the molecule is CN[C@@H]1[C@H](O[C@H]2[C@H](O[C@H]3[C@H](O)[C@@H](O)[C@H](N=C(N)N)[C@@H](O)[C@@H]3NC(=N)N)O[C@@H](C)[C@]2(O)C=O)O[C@@H](CO)[C@H](O)[C@H]1O.NC[C@H]1O[C@H](O[C@H]2[C@H](O)[C@@H](O[C@H]3O[C@H](CO)[C@@H](O)[C@H](N)[C@H]3O)[C@H](N)C[C@@H]2N)[C@H](N)C[C@@H]1O. The third-order valence-corrected chi connectivity index (χ3v) is 13.8. The molecule has 2 saturated carbocycles. The molecule has 4 saturated heterocycles. The lowest BCUT2D eigenvalue weighted by Gasteiger charge is -2.47. The average Bonchev–Trinajstić information content (AvgIpc) is 3.56. The molecule has 29 atom stereocenters. The molecule has 0 radical (unpaired) electrons. The van der Waals surface area contributed by atoms with Gasteiger partial charge >= 0.3 is 0 Å². The summed E-state index contributed by atoms with van der Waals surface area (Å²) >= 11 is 0. The van der Waals surface area contributed by atoms with Crippen LogP contribution < -0.4 is 56.5 Å². The number of nitrogens with two attached hydrogens (primary N) is 8. The van der Waals surface area contributed by atoms with Gasteiger partial charge in [0.25, 0.3) is 0 Å². The molecule has 0 spiro atoms. The molecule has 0 aromatic carbocycles. The van der Waals surface area contributed by atoms with Crippen LogP contribution in [0.1, 0.15) is 19.8 Å². The molecule has 31 N–H and O–H groups in total. The lowest BCUT2D eigenvalue weighted by Crippen LogP contribution is -2.70. The first-order valence-corrected chi connectivity index (χ1v) is 23.2. The van der Waals surface area contributed by atoms with E-state index in [1.807, 2.05) is 0 Å². The van der Waals surface area contributed by atoms with Crippen molar-refractivity contribution >= 4 is 18.2 Å². The Morgan fingerprint density at radius 3 is 1.76 bits per heavy atom. The van der Waals surface area contributed by atoms with Crippen molar-refractivity contribution in [2.45, 2.75) is 197 Å². The second-order valence-corrected chi connectivity index (χ2v) is 18.7. The highest BCUT2D eigenvalue weighted by Gasteiger charge is 2.61. The summed E-state index contributed by atoms with van der Waals surface area (Å²) in [5, 5.41) is 137. The normalized spacial score (nSPS) is 49.8. The molecule has 33 heteroatoms. The molecule has 4 heterocycles. The molecule has 0 amide bonds. The molecule has 2 aliphatic carbocycles. The molecular weight excluding hydrogens is 972 g/mol. The van der Waals surface area contributed by atoms with Gasteiger partial charge in [0.05, 0.1) is 55.7 Å². The molecule has 6 fully saturated rings. The molecule has 33 nitrogen and oxygen atoms in total. The smallest absolute Gasteiger partial charge is 0.188 e. The van der Waals surface area contributed by atoms with Gasteiger partial charge in [-0.1, -0.05) is 0 Å². The van der Waals surface area contributed by atoms with Gasteiger partial charge < -0.3 is 156 Å². The quantitative estimate of drug-likeness (QED) is 0.0411. The Morgan fingerprint density at radius 1 is 0.667 bits per heavy atom. The highest BCUT2D eigenvalue weighted by Crippen LogP contribution is 2.38. The fourth-order valence-electron chi connectivity index (χ4n) is 9.56. The second-order valence-electron chi connectivity index (χ2n) is 18.7. The van der Waals surface area contributed by atoms with E-state index < -0.39 is 202 Å². The summed E-state index contributed by atoms with van der Waals surface area (Å²) < 4.78 is 45.7. The number of carbonyl (C=O) groups is 1. The highest BCUT2D eigenvalue weighted by atomic mass is 16.8. The van der Waals surface area contributed by atoms with Crippen molar-refractivity contribution in [3.63, 3.8) is 0 Å². The summed E-state index contributed by atoms with van der Waals surface area (Å²) in [4.78, 5) is 15.8. The van der Waals surface area contributed by atoms with Crippen LogP contribution in [0.15, 0.2) is 4.99 Å². The first kappa shape index (κ1) is 60.0. The van der Waals surface area contributed by atoms with E-state index in [2.05, 4.69) is 15.6 Å². The Hall–Kier alpha value is -2.83. The van der Waals surface area contributed by atoms with E-state index in [0.29, 0.717) is 0 Å². The zero-order valence-electron chi connectivity index (χ0n) is 39.4. The number of nitrogens with one attached hydrogen (secondary N) is 3. The molecule has 4 aliphatic heterocycles. The first-order chi connectivity index (χ1) is 33.8. The average molecular weight is 1050 g/mol. The maximum Gasteiger partial charge on any atom is 0.188 e. The zero-order chi connectivity index (χ0) is 53.8. The van der Waals surface area contributed by atoms with Gasteiger partial charge in [0.15, 0.2) is 49.0 Å². The van der Waals surface area contributed by atoms with Crippen LogP contribution in [0.4, 0.5) is 0 Å². The standard InChI is InChI=1S/C21H39N7O12.C18H37N5O9/c1-5-21(36,4-30)16(40-17-9(26-2)13(34)10(31)6(3-29)38-17)18(37-5)39-15-8(28-20(24)25)11(32)7(27-19(22)23)12(33)14(15)35;19-3-9-8(25)2-7(22)17(29-9)31-15-5(20)1-6(21)16(14(15)28)32-18-13(27)11(23)12(26)10(4-24)30-18/h4-18,26,29,31-36H,3H2,1-2H3,(H4,22,23,27)(H4,24,25,28);5-18,24-28H,1-4,19-23H2/t5-,6-,7+,8-,9-,10-,11+,12-,13-,14+,15+,16-,17-,18-,21+;5-,6+,7+,8-,9+,10+,11-,12+,13+,14-,15+,16-,17+,18+/m00/s1. The molecule has 6 aliphatic rings. The lowest BCUT2D eigenvalue weighted by molar-refractivity contribution is -0.314. The molecule has 418 valence electrons. The van der Waals surface area contributed by atoms with Gasteiger partial charge in [-0.15, -0.1) is 0 Å². The maximum absolute atomic E-state index is 12.1. The number of guanidine groups is 2. The van der Waals surface area contributed by atoms with Crippen LogP contribution in [0, 0.1) is 5.41 Å². The van der Waals surface area contributed by atoms with Gasteiger partial charge in [-0.25, -0.2) is 4.99 Å². The van der Waals surface area contributed by atoms with Crippen molar-refractivity contribution in [2.24, 2.45) is 50.9 Å². The predicted molar refractivity (Wildman–Crippen MR) is 241 cm³/mol. The van der Waals surface area contributed by atoms with Gasteiger partial charge in [-0.3, -0.25) is 10.2 Å². The highest BCUT2D eigenvalue weighted by molar-refractivity contribution is 5.76. The summed E-state index contributed by atoms with van der Waals surface area (Å²) in [7, 11) is 1.42. The van der Waals surface area contributed by atoms with E-state index >= 15 is 0 Å². The Balaban J connectivity index is 0.000000274. The van der Waals surface area contributed by atoms with Crippen LogP contribution in [-0.2, 0) is 42.7 Å². The summed E-state index contributed by atoms with van der Waals surface area (Å²) in [6.45, 7) is 0.117. The van der Waals surface area contributed by atoms with Crippen molar-refractivity contribution in [3.8, 4) is 0 Å². The predicted octanol–water partition coefficient (Wildman–Crippen LogP) is -14.2. The fourth-order valence-corrected chi connectivity index (χ4v) is 9.56. The number of rotatable bonds is 15. The molecular formula is C39H76N12O21. The molecule has 0 unspecified atom stereocenters. The maximum atomic E-state index is 12.1. The lowest BCUT2D eigenvalue weighted by atomic mass is 9.81. The number of carbonyl (C=O) groups excluding carboxylic acids is 1. The molecule has 0 bridgehead atoms. The van der Waals surface area contributed by atoms with Crippen molar-refractivity contribution in [1.82, 2.24) is 10.6 Å².